The van der Waals surface area contributed by atoms with E-state index in [1.165, 1.54) is 0 Å². The molecule has 7 heteroatoms. The fourth-order valence-corrected chi connectivity index (χ4v) is 1.24. The van der Waals surface area contributed by atoms with E-state index >= 15 is 0 Å². The monoisotopic (exact) mass is 307 g/mol. The van der Waals surface area contributed by atoms with E-state index in [2.05, 4.69) is 5.32 Å². The van der Waals surface area contributed by atoms with E-state index in [-0.39, 0.29) is 18.6 Å². The zero-order chi connectivity index (χ0) is 15.8. The van der Waals surface area contributed by atoms with Crippen LogP contribution in [-0.2, 0) is 28.5 Å². The molecule has 7 nitrogen and oxygen atoms in total. The van der Waals surface area contributed by atoms with E-state index in [9.17, 15) is 4.79 Å². The Morgan fingerprint density at radius 2 is 1.43 bits per heavy atom. The SMILES string of the molecule is COCCOCCOCCOCCNC(=O)COC(C)C. The Kier molecular flexibility index (Phi) is 15.1. The van der Waals surface area contributed by atoms with Gasteiger partial charge in [0.25, 0.3) is 0 Å². The van der Waals surface area contributed by atoms with Crippen LogP contribution in [0.3, 0.4) is 0 Å². The molecule has 0 heterocycles. The molecule has 0 aromatic rings. The van der Waals surface area contributed by atoms with Crippen LogP contribution in [0.4, 0.5) is 0 Å². The molecule has 0 unspecified atom stereocenters. The Hall–Kier alpha value is -0.730. The van der Waals surface area contributed by atoms with Crippen molar-refractivity contribution < 1.29 is 28.5 Å². The number of ether oxygens (including phenoxy) is 5. The van der Waals surface area contributed by atoms with E-state index < -0.39 is 0 Å². The summed E-state index contributed by atoms with van der Waals surface area (Å²) in [5.41, 5.74) is 0. The van der Waals surface area contributed by atoms with Crippen LogP contribution < -0.4 is 5.32 Å². The number of nitrogens with one attached hydrogen (secondary N) is 1. The first-order valence-corrected chi connectivity index (χ1v) is 7.27. The first kappa shape index (κ1) is 20.3. The number of amides is 1. The number of rotatable bonds is 15. The van der Waals surface area contributed by atoms with Gasteiger partial charge in [-0.2, -0.15) is 0 Å². The summed E-state index contributed by atoms with van der Waals surface area (Å²) in [7, 11) is 1.64. The maximum Gasteiger partial charge on any atom is 0.246 e. The predicted octanol–water partition coefficient (Wildman–Crippen LogP) is 0.224. The molecule has 21 heavy (non-hydrogen) atoms. The predicted molar refractivity (Wildman–Crippen MR) is 78.4 cm³/mol. The van der Waals surface area contributed by atoms with Crippen molar-refractivity contribution in [1.82, 2.24) is 5.32 Å². The highest BCUT2D eigenvalue weighted by Crippen LogP contribution is 1.86. The van der Waals surface area contributed by atoms with E-state index in [0.29, 0.717) is 52.8 Å². The van der Waals surface area contributed by atoms with Gasteiger partial charge < -0.3 is 29.0 Å². The highest BCUT2D eigenvalue weighted by molar-refractivity contribution is 5.77. The smallest absolute Gasteiger partial charge is 0.246 e. The van der Waals surface area contributed by atoms with E-state index in [1.807, 2.05) is 13.8 Å². The van der Waals surface area contributed by atoms with Gasteiger partial charge >= 0.3 is 0 Å². The molecule has 0 bridgehead atoms. The second kappa shape index (κ2) is 15.7. The normalized spacial score (nSPS) is 11.0. The van der Waals surface area contributed by atoms with Crippen LogP contribution in [0, 0.1) is 0 Å². The van der Waals surface area contributed by atoms with Gasteiger partial charge in [0.1, 0.15) is 6.61 Å². The minimum Gasteiger partial charge on any atom is -0.382 e. The fraction of sp³-hybridized carbons (Fsp3) is 0.929. The van der Waals surface area contributed by atoms with Crippen molar-refractivity contribution in [2.45, 2.75) is 20.0 Å². The average molecular weight is 307 g/mol. The van der Waals surface area contributed by atoms with Crippen LogP contribution in [0.5, 0.6) is 0 Å². The fourth-order valence-electron chi connectivity index (χ4n) is 1.24. The van der Waals surface area contributed by atoms with Crippen molar-refractivity contribution in [3.05, 3.63) is 0 Å². The van der Waals surface area contributed by atoms with Gasteiger partial charge in [0.05, 0.1) is 52.4 Å². The van der Waals surface area contributed by atoms with Gasteiger partial charge in [-0.3, -0.25) is 4.79 Å². The van der Waals surface area contributed by atoms with Crippen LogP contribution in [-0.4, -0.2) is 78.5 Å². The van der Waals surface area contributed by atoms with E-state index in [0.717, 1.165) is 0 Å². The van der Waals surface area contributed by atoms with Crippen LogP contribution in [0.15, 0.2) is 0 Å². The molecule has 0 aliphatic carbocycles. The minimum atomic E-state index is -0.128. The number of carbonyl (C=O) groups is 1. The molecule has 1 N–H and O–H groups in total. The van der Waals surface area contributed by atoms with Crippen molar-refractivity contribution >= 4 is 5.91 Å². The summed E-state index contributed by atoms with van der Waals surface area (Å²) >= 11 is 0. The maximum atomic E-state index is 11.3. The summed E-state index contributed by atoms with van der Waals surface area (Å²) in [6.45, 7) is 8.07. The molecular formula is C14H29NO6. The summed E-state index contributed by atoms with van der Waals surface area (Å²) in [5.74, 6) is -0.128. The molecule has 0 aromatic heterocycles. The van der Waals surface area contributed by atoms with E-state index in [4.69, 9.17) is 23.7 Å². The number of hydrogen-bond donors (Lipinski definition) is 1. The second-order valence-electron chi connectivity index (χ2n) is 4.54. The third-order valence-electron chi connectivity index (χ3n) is 2.29. The highest BCUT2D eigenvalue weighted by Gasteiger charge is 2.01. The zero-order valence-corrected chi connectivity index (χ0v) is 13.4. The topological polar surface area (TPSA) is 75.3 Å². The van der Waals surface area contributed by atoms with Gasteiger partial charge in [0.15, 0.2) is 0 Å². The summed E-state index contributed by atoms with van der Waals surface area (Å²) in [4.78, 5) is 11.3. The minimum absolute atomic E-state index is 0.0580. The Morgan fingerprint density at radius 3 is 1.95 bits per heavy atom. The Morgan fingerprint density at radius 1 is 0.905 bits per heavy atom. The molecule has 0 spiro atoms. The lowest BCUT2D eigenvalue weighted by atomic mass is 10.5. The van der Waals surface area contributed by atoms with Gasteiger partial charge in [-0.05, 0) is 13.8 Å². The van der Waals surface area contributed by atoms with Crippen LogP contribution in [0.25, 0.3) is 0 Å². The van der Waals surface area contributed by atoms with Crippen molar-refractivity contribution in [2.75, 3.05) is 66.5 Å². The van der Waals surface area contributed by atoms with Crippen molar-refractivity contribution in [2.24, 2.45) is 0 Å². The summed E-state index contributed by atoms with van der Waals surface area (Å²) in [6.07, 6.45) is 0.0580. The third-order valence-corrected chi connectivity index (χ3v) is 2.29. The Balaban J connectivity index is 3.10. The second-order valence-corrected chi connectivity index (χ2v) is 4.54. The zero-order valence-electron chi connectivity index (χ0n) is 13.4. The maximum absolute atomic E-state index is 11.3. The van der Waals surface area contributed by atoms with Gasteiger partial charge in [-0.15, -0.1) is 0 Å². The first-order chi connectivity index (χ1) is 10.2. The molecule has 126 valence electrons. The largest absolute Gasteiger partial charge is 0.382 e. The molecule has 0 saturated heterocycles. The Bertz CT molecular complexity index is 238. The van der Waals surface area contributed by atoms with Crippen molar-refractivity contribution in [3.8, 4) is 0 Å². The quantitative estimate of drug-likeness (QED) is 0.436. The van der Waals surface area contributed by atoms with E-state index in [1.54, 1.807) is 7.11 Å². The summed E-state index contributed by atoms with van der Waals surface area (Å²) < 4.78 is 25.9. The number of methoxy groups -OCH3 is 1. The standard InChI is InChI=1S/C14H29NO6/c1-13(2)21-12-14(16)15-4-5-18-8-9-20-11-10-19-7-6-17-3/h13H,4-12H2,1-3H3,(H,15,16). The highest BCUT2D eigenvalue weighted by atomic mass is 16.6. The van der Waals surface area contributed by atoms with Crippen LogP contribution in [0.1, 0.15) is 13.8 Å². The molecule has 0 atom stereocenters. The number of carbonyl (C=O) groups excluding carboxylic acids is 1. The molecule has 0 saturated carbocycles. The molecule has 0 rings (SSSR count). The molecule has 0 aromatic carbocycles. The Labute approximate surface area is 127 Å². The van der Waals surface area contributed by atoms with Gasteiger partial charge in [-0.25, -0.2) is 0 Å². The molecule has 0 aliphatic heterocycles. The molecule has 1 amide bonds. The van der Waals surface area contributed by atoms with Crippen molar-refractivity contribution in [1.29, 1.82) is 0 Å². The van der Waals surface area contributed by atoms with Crippen LogP contribution >= 0.6 is 0 Å². The number of hydrogen-bond acceptors (Lipinski definition) is 6. The van der Waals surface area contributed by atoms with Gasteiger partial charge in [-0.1, -0.05) is 0 Å². The van der Waals surface area contributed by atoms with Crippen molar-refractivity contribution in [3.63, 3.8) is 0 Å². The van der Waals surface area contributed by atoms with Gasteiger partial charge in [0, 0.05) is 13.7 Å². The third kappa shape index (κ3) is 17.2. The van der Waals surface area contributed by atoms with Crippen LogP contribution in [0.2, 0.25) is 0 Å². The summed E-state index contributed by atoms with van der Waals surface area (Å²) in [6, 6.07) is 0. The lowest BCUT2D eigenvalue weighted by Crippen LogP contribution is -2.31. The first-order valence-electron chi connectivity index (χ1n) is 7.27. The lowest BCUT2D eigenvalue weighted by molar-refractivity contribution is -0.127. The molecular weight excluding hydrogens is 278 g/mol. The average Bonchev–Trinajstić information content (AvgIpc) is 2.46. The van der Waals surface area contributed by atoms with Gasteiger partial charge in [0.2, 0.25) is 5.91 Å². The molecule has 0 aliphatic rings. The lowest BCUT2D eigenvalue weighted by Gasteiger charge is -2.09. The molecule has 0 fully saturated rings. The summed E-state index contributed by atoms with van der Waals surface area (Å²) in [5, 5.41) is 2.71. The molecule has 0 radical (unpaired) electrons.